The summed E-state index contributed by atoms with van der Waals surface area (Å²) in [6.07, 6.45) is 0. The van der Waals surface area contributed by atoms with E-state index in [-0.39, 0.29) is 12.2 Å². The van der Waals surface area contributed by atoms with E-state index in [9.17, 15) is 10.1 Å². The number of hydrogen-bond acceptors (Lipinski definition) is 5. The normalized spacial score (nSPS) is 10.8. The fraction of sp³-hybridized carbons (Fsp3) is 0.167. The second-order valence-corrected chi connectivity index (χ2v) is 3.86. The summed E-state index contributed by atoms with van der Waals surface area (Å²) in [5, 5.41) is 21.0. The monoisotopic (exact) mass is 248 g/mol. The van der Waals surface area contributed by atoms with Gasteiger partial charge in [-0.25, -0.2) is 0 Å². The van der Waals surface area contributed by atoms with E-state index < -0.39 is 4.92 Å². The highest BCUT2D eigenvalue weighted by atomic mass is 16.6. The molecule has 0 atom stereocenters. The Balaban J connectivity index is 2.37. The molecule has 0 aliphatic carbocycles. The highest BCUT2D eigenvalue weighted by Crippen LogP contribution is 2.30. The molecule has 2 rings (SSSR count). The summed E-state index contributed by atoms with van der Waals surface area (Å²) in [5.74, 6) is 0.951. The number of nitro benzene ring substituents is 1. The SMILES string of the molecule is CN(O)Cc1ccc(-c2ccccc2[N+](=O)[O-])o1. The van der Waals surface area contributed by atoms with Gasteiger partial charge in [-0.15, -0.1) is 0 Å². The lowest BCUT2D eigenvalue weighted by atomic mass is 10.1. The van der Waals surface area contributed by atoms with Crippen LogP contribution in [0.3, 0.4) is 0 Å². The van der Waals surface area contributed by atoms with Crippen LogP contribution in [-0.2, 0) is 6.54 Å². The summed E-state index contributed by atoms with van der Waals surface area (Å²) in [6, 6.07) is 9.70. The van der Waals surface area contributed by atoms with Gasteiger partial charge < -0.3 is 9.62 Å². The third kappa shape index (κ3) is 2.55. The lowest BCUT2D eigenvalue weighted by Crippen LogP contribution is -2.10. The highest BCUT2D eigenvalue weighted by molar-refractivity contribution is 5.69. The first-order valence-corrected chi connectivity index (χ1v) is 5.30. The molecule has 0 bridgehead atoms. The van der Waals surface area contributed by atoms with Gasteiger partial charge >= 0.3 is 0 Å². The molecule has 0 unspecified atom stereocenters. The van der Waals surface area contributed by atoms with Crippen molar-refractivity contribution < 1.29 is 14.5 Å². The molecule has 0 fully saturated rings. The van der Waals surface area contributed by atoms with Crippen LogP contribution >= 0.6 is 0 Å². The summed E-state index contributed by atoms with van der Waals surface area (Å²) < 4.78 is 5.47. The minimum atomic E-state index is -0.449. The smallest absolute Gasteiger partial charge is 0.280 e. The van der Waals surface area contributed by atoms with Crippen molar-refractivity contribution in [1.29, 1.82) is 0 Å². The lowest BCUT2D eigenvalue weighted by Gasteiger charge is -2.04. The predicted octanol–water partition coefficient (Wildman–Crippen LogP) is 2.68. The summed E-state index contributed by atoms with van der Waals surface area (Å²) >= 11 is 0. The number of nitrogens with zero attached hydrogens (tertiary/aromatic N) is 2. The number of nitro groups is 1. The maximum absolute atomic E-state index is 10.9. The molecule has 0 spiro atoms. The number of benzene rings is 1. The molecule has 1 heterocycles. The van der Waals surface area contributed by atoms with E-state index in [2.05, 4.69) is 0 Å². The number of hydroxylamine groups is 2. The number of rotatable bonds is 4. The summed E-state index contributed by atoms with van der Waals surface area (Å²) in [5.41, 5.74) is 0.421. The molecule has 0 aliphatic heterocycles. The van der Waals surface area contributed by atoms with Gasteiger partial charge in [-0.2, -0.15) is 5.06 Å². The molecule has 1 aromatic carbocycles. The van der Waals surface area contributed by atoms with Crippen molar-refractivity contribution in [2.45, 2.75) is 6.54 Å². The van der Waals surface area contributed by atoms with E-state index in [0.717, 1.165) is 5.06 Å². The van der Waals surface area contributed by atoms with Crippen molar-refractivity contribution in [1.82, 2.24) is 5.06 Å². The molecule has 6 heteroatoms. The maximum Gasteiger partial charge on any atom is 0.280 e. The zero-order valence-corrected chi connectivity index (χ0v) is 9.74. The van der Waals surface area contributed by atoms with Crippen molar-refractivity contribution >= 4 is 5.69 Å². The molecule has 0 saturated heterocycles. The second kappa shape index (κ2) is 4.99. The Labute approximate surface area is 103 Å². The average molecular weight is 248 g/mol. The third-order valence-electron chi connectivity index (χ3n) is 2.41. The van der Waals surface area contributed by atoms with Crippen molar-refractivity contribution in [2.24, 2.45) is 0 Å². The summed E-state index contributed by atoms with van der Waals surface area (Å²) in [6.45, 7) is 0.223. The van der Waals surface area contributed by atoms with Gasteiger partial charge in [0.05, 0.1) is 17.0 Å². The molecular weight excluding hydrogens is 236 g/mol. The zero-order valence-electron chi connectivity index (χ0n) is 9.74. The standard InChI is InChI=1S/C12H12N2O4/c1-13(15)8-9-6-7-12(18-9)10-4-2-3-5-11(10)14(16)17/h2-7,15H,8H2,1H3. The molecular formula is C12H12N2O4. The van der Waals surface area contributed by atoms with Gasteiger partial charge in [-0.3, -0.25) is 10.1 Å². The fourth-order valence-corrected chi connectivity index (χ4v) is 1.67. The molecule has 0 saturated carbocycles. The minimum Gasteiger partial charge on any atom is -0.459 e. The third-order valence-corrected chi connectivity index (χ3v) is 2.41. The van der Waals surface area contributed by atoms with Crippen LogP contribution in [0.25, 0.3) is 11.3 Å². The Morgan fingerprint density at radius 1 is 1.33 bits per heavy atom. The minimum absolute atomic E-state index is 0.00393. The Morgan fingerprint density at radius 3 is 2.72 bits per heavy atom. The maximum atomic E-state index is 10.9. The molecule has 6 nitrogen and oxygen atoms in total. The Morgan fingerprint density at radius 2 is 2.06 bits per heavy atom. The first-order chi connectivity index (χ1) is 8.58. The Kier molecular flexibility index (Phi) is 3.40. The van der Waals surface area contributed by atoms with Crippen LogP contribution in [0.2, 0.25) is 0 Å². The van der Waals surface area contributed by atoms with Gasteiger partial charge in [0.1, 0.15) is 11.5 Å². The van der Waals surface area contributed by atoms with Crippen LogP contribution in [0.15, 0.2) is 40.8 Å². The van der Waals surface area contributed by atoms with Gasteiger partial charge in [0.2, 0.25) is 0 Å². The molecule has 0 amide bonds. The van der Waals surface area contributed by atoms with Crippen LogP contribution in [-0.4, -0.2) is 22.2 Å². The molecule has 0 aliphatic rings. The van der Waals surface area contributed by atoms with Crippen LogP contribution < -0.4 is 0 Å². The van der Waals surface area contributed by atoms with Crippen LogP contribution in [0, 0.1) is 10.1 Å². The first-order valence-electron chi connectivity index (χ1n) is 5.30. The van der Waals surface area contributed by atoms with Crippen LogP contribution in [0.4, 0.5) is 5.69 Å². The van der Waals surface area contributed by atoms with Gasteiger partial charge in [0, 0.05) is 13.1 Å². The molecule has 18 heavy (non-hydrogen) atoms. The van der Waals surface area contributed by atoms with E-state index in [4.69, 9.17) is 9.62 Å². The van der Waals surface area contributed by atoms with Gasteiger partial charge in [-0.1, -0.05) is 12.1 Å². The average Bonchev–Trinajstić information content (AvgIpc) is 2.76. The van der Waals surface area contributed by atoms with Crippen molar-refractivity contribution in [3.8, 4) is 11.3 Å². The fourth-order valence-electron chi connectivity index (χ4n) is 1.67. The van der Waals surface area contributed by atoms with E-state index in [1.54, 1.807) is 30.3 Å². The summed E-state index contributed by atoms with van der Waals surface area (Å²) in [4.78, 5) is 10.4. The van der Waals surface area contributed by atoms with Crippen molar-refractivity contribution in [3.05, 3.63) is 52.3 Å². The summed E-state index contributed by atoms with van der Waals surface area (Å²) in [7, 11) is 1.49. The van der Waals surface area contributed by atoms with E-state index in [1.165, 1.54) is 13.1 Å². The Hall–Kier alpha value is -2.18. The van der Waals surface area contributed by atoms with E-state index in [1.807, 2.05) is 0 Å². The quantitative estimate of drug-likeness (QED) is 0.664. The van der Waals surface area contributed by atoms with Gasteiger partial charge in [0.15, 0.2) is 0 Å². The topological polar surface area (TPSA) is 79.8 Å². The first kappa shape index (κ1) is 12.3. The molecule has 1 N–H and O–H groups in total. The Bertz CT molecular complexity index is 563. The second-order valence-electron chi connectivity index (χ2n) is 3.86. The van der Waals surface area contributed by atoms with Crippen LogP contribution in [0.1, 0.15) is 5.76 Å². The number of hydrogen-bond donors (Lipinski definition) is 1. The van der Waals surface area contributed by atoms with E-state index >= 15 is 0 Å². The lowest BCUT2D eigenvalue weighted by molar-refractivity contribution is -0.384. The van der Waals surface area contributed by atoms with Crippen molar-refractivity contribution in [3.63, 3.8) is 0 Å². The molecule has 1 aromatic heterocycles. The zero-order chi connectivity index (χ0) is 13.1. The van der Waals surface area contributed by atoms with Gasteiger partial charge in [0.25, 0.3) is 5.69 Å². The molecule has 2 aromatic rings. The molecule has 94 valence electrons. The van der Waals surface area contributed by atoms with Gasteiger partial charge in [-0.05, 0) is 18.2 Å². The van der Waals surface area contributed by atoms with Crippen LogP contribution in [0.5, 0.6) is 0 Å². The predicted molar refractivity (Wildman–Crippen MR) is 64.1 cm³/mol. The largest absolute Gasteiger partial charge is 0.459 e. The highest BCUT2D eigenvalue weighted by Gasteiger charge is 2.17. The number of furan rings is 1. The van der Waals surface area contributed by atoms with Crippen molar-refractivity contribution in [2.75, 3.05) is 7.05 Å². The van der Waals surface area contributed by atoms with E-state index in [0.29, 0.717) is 17.1 Å². The molecule has 0 radical (unpaired) electrons. The number of para-hydroxylation sites is 1.